The van der Waals surface area contributed by atoms with Gasteiger partial charge in [0.2, 0.25) is 11.8 Å². The molecule has 0 spiro atoms. The molecule has 1 N–H and O–H groups in total. The number of nitrogens with zero attached hydrogens (tertiary/aromatic N) is 2. The number of para-hydroxylation sites is 2. The Morgan fingerprint density at radius 3 is 2.84 bits per heavy atom. The lowest BCUT2D eigenvalue weighted by Gasteiger charge is -2.11. The molecule has 1 aromatic carbocycles. The second-order valence-electron chi connectivity index (χ2n) is 3.60. The summed E-state index contributed by atoms with van der Waals surface area (Å²) in [6.07, 6.45) is 1.64. The van der Waals surface area contributed by atoms with Crippen LogP contribution in [0.3, 0.4) is 0 Å². The number of rotatable bonds is 5. The molecule has 0 saturated carbocycles. The molecule has 0 bridgehead atoms. The molecule has 5 nitrogen and oxygen atoms in total. The molecule has 0 radical (unpaired) electrons. The lowest BCUT2D eigenvalue weighted by molar-refractivity contribution is 0.342. The maximum Gasteiger partial charge on any atom is 0.232 e. The van der Waals surface area contributed by atoms with Gasteiger partial charge in [0.05, 0.1) is 30.1 Å². The summed E-state index contributed by atoms with van der Waals surface area (Å²) in [5.74, 6) is 1.69. The minimum atomic E-state index is 0.451. The first kappa shape index (κ1) is 13.6. The van der Waals surface area contributed by atoms with Gasteiger partial charge in [-0.3, -0.25) is 0 Å². The Morgan fingerprint density at radius 1 is 1.32 bits per heavy atom. The molecular weight excluding hydrogens is 310 g/mol. The number of methoxy groups -OCH3 is 1. The van der Waals surface area contributed by atoms with Crippen LogP contribution in [0.1, 0.15) is 6.92 Å². The maximum absolute atomic E-state index is 5.53. The summed E-state index contributed by atoms with van der Waals surface area (Å²) in [4.78, 5) is 8.42. The topological polar surface area (TPSA) is 56.3 Å². The molecule has 1 aromatic heterocycles. The predicted octanol–water partition coefficient (Wildman–Crippen LogP) is 3.39. The quantitative estimate of drug-likeness (QED) is 0.914. The molecule has 19 heavy (non-hydrogen) atoms. The van der Waals surface area contributed by atoms with Crippen molar-refractivity contribution in [3.63, 3.8) is 0 Å². The van der Waals surface area contributed by atoms with Crippen LogP contribution in [0.5, 0.6) is 11.6 Å². The zero-order valence-corrected chi connectivity index (χ0v) is 12.3. The van der Waals surface area contributed by atoms with Gasteiger partial charge in [0.25, 0.3) is 0 Å². The third-order valence-electron chi connectivity index (χ3n) is 2.34. The fourth-order valence-electron chi connectivity index (χ4n) is 1.53. The second kappa shape index (κ2) is 6.38. The van der Waals surface area contributed by atoms with E-state index in [0.29, 0.717) is 22.9 Å². The number of ether oxygens (including phenoxy) is 2. The molecule has 6 heteroatoms. The highest BCUT2D eigenvalue weighted by Gasteiger charge is 2.08. The summed E-state index contributed by atoms with van der Waals surface area (Å²) in [7, 11) is 1.56. The van der Waals surface area contributed by atoms with E-state index in [9.17, 15) is 0 Å². The van der Waals surface area contributed by atoms with Crippen molar-refractivity contribution >= 4 is 27.6 Å². The number of halogens is 1. The molecule has 0 fully saturated rings. The van der Waals surface area contributed by atoms with Gasteiger partial charge in [0.1, 0.15) is 5.75 Å². The van der Waals surface area contributed by atoms with Gasteiger partial charge in [0, 0.05) is 0 Å². The number of aromatic nitrogens is 2. The summed E-state index contributed by atoms with van der Waals surface area (Å²) < 4.78 is 11.4. The summed E-state index contributed by atoms with van der Waals surface area (Å²) in [5, 5.41) is 3.11. The number of hydrogen-bond acceptors (Lipinski definition) is 5. The van der Waals surface area contributed by atoms with Crippen molar-refractivity contribution in [2.24, 2.45) is 0 Å². The number of hydrogen-bond donors (Lipinski definition) is 1. The van der Waals surface area contributed by atoms with E-state index in [4.69, 9.17) is 9.47 Å². The Hall–Kier alpha value is -1.82. The molecule has 0 unspecified atom stereocenters. The van der Waals surface area contributed by atoms with Gasteiger partial charge < -0.3 is 14.8 Å². The minimum Gasteiger partial charge on any atom is -0.492 e. The van der Waals surface area contributed by atoms with Crippen LogP contribution in [0.25, 0.3) is 0 Å². The Bertz CT molecular complexity index is 563. The van der Waals surface area contributed by atoms with Crippen LogP contribution in [0.2, 0.25) is 0 Å². The fraction of sp³-hybridized carbons (Fsp3) is 0.231. The number of benzene rings is 1. The molecule has 0 aliphatic rings. The Kier molecular flexibility index (Phi) is 4.57. The van der Waals surface area contributed by atoms with Crippen LogP contribution >= 0.6 is 15.9 Å². The molecule has 0 atom stereocenters. The summed E-state index contributed by atoms with van der Waals surface area (Å²) in [6, 6.07) is 7.63. The first-order valence-electron chi connectivity index (χ1n) is 5.80. The zero-order chi connectivity index (χ0) is 13.7. The molecule has 2 rings (SSSR count). The van der Waals surface area contributed by atoms with Crippen molar-refractivity contribution < 1.29 is 9.47 Å². The van der Waals surface area contributed by atoms with Crippen molar-refractivity contribution in [2.75, 3.05) is 19.0 Å². The van der Waals surface area contributed by atoms with Gasteiger partial charge in [-0.05, 0) is 35.0 Å². The zero-order valence-electron chi connectivity index (χ0n) is 10.7. The second-order valence-corrected chi connectivity index (χ2v) is 4.46. The largest absolute Gasteiger partial charge is 0.492 e. The third kappa shape index (κ3) is 3.35. The van der Waals surface area contributed by atoms with Gasteiger partial charge in [-0.25, -0.2) is 4.98 Å². The highest BCUT2D eigenvalue weighted by Crippen LogP contribution is 2.28. The van der Waals surface area contributed by atoms with Crippen molar-refractivity contribution in [1.29, 1.82) is 0 Å². The van der Waals surface area contributed by atoms with E-state index >= 15 is 0 Å². The fourth-order valence-corrected chi connectivity index (χ4v) is 1.88. The summed E-state index contributed by atoms with van der Waals surface area (Å²) in [6.45, 7) is 2.54. The van der Waals surface area contributed by atoms with Crippen molar-refractivity contribution in [2.45, 2.75) is 6.92 Å². The van der Waals surface area contributed by atoms with Crippen LogP contribution in [-0.4, -0.2) is 23.7 Å². The Balaban J connectivity index is 2.26. The highest BCUT2D eigenvalue weighted by molar-refractivity contribution is 9.10. The van der Waals surface area contributed by atoms with E-state index in [2.05, 4.69) is 31.2 Å². The summed E-state index contributed by atoms with van der Waals surface area (Å²) >= 11 is 3.31. The molecule has 0 aliphatic carbocycles. The average Bonchev–Trinajstić information content (AvgIpc) is 2.43. The molecule has 2 aromatic rings. The smallest absolute Gasteiger partial charge is 0.232 e. The van der Waals surface area contributed by atoms with E-state index < -0.39 is 0 Å². The van der Waals surface area contributed by atoms with E-state index in [1.54, 1.807) is 13.3 Å². The van der Waals surface area contributed by atoms with Crippen LogP contribution in [0, 0.1) is 0 Å². The normalized spacial score (nSPS) is 10.1. The van der Waals surface area contributed by atoms with Crippen LogP contribution < -0.4 is 14.8 Å². The van der Waals surface area contributed by atoms with Gasteiger partial charge >= 0.3 is 0 Å². The van der Waals surface area contributed by atoms with Crippen molar-refractivity contribution in [3.8, 4) is 11.6 Å². The first-order valence-corrected chi connectivity index (χ1v) is 6.59. The van der Waals surface area contributed by atoms with Gasteiger partial charge in [-0.15, -0.1) is 0 Å². The first-order chi connectivity index (χ1) is 9.24. The monoisotopic (exact) mass is 323 g/mol. The molecule has 100 valence electrons. The lowest BCUT2D eigenvalue weighted by Crippen LogP contribution is -2.02. The van der Waals surface area contributed by atoms with Crippen molar-refractivity contribution in [3.05, 3.63) is 34.9 Å². The molecule has 0 saturated heterocycles. The Morgan fingerprint density at radius 2 is 2.11 bits per heavy atom. The molecule has 1 heterocycles. The van der Waals surface area contributed by atoms with Gasteiger partial charge in [-0.2, -0.15) is 4.98 Å². The lowest BCUT2D eigenvalue weighted by atomic mass is 10.3. The third-order valence-corrected chi connectivity index (χ3v) is 2.88. The maximum atomic E-state index is 5.53. The number of nitrogens with one attached hydrogen (secondary N) is 1. The van der Waals surface area contributed by atoms with Crippen LogP contribution in [0.4, 0.5) is 11.6 Å². The summed E-state index contributed by atoms with van der Waals surface area (Å²) in [5.41, 5.74) is 0.814. The van der Waals surface area contributed by atoms with E-state index in [1.165, 1.54) is 0 Å². The van der Waals surface area contributed by atoms with Crippen LogP contribution in [0.15, 0.2) is 34.9 Å². The van der Waals surface area contributed by atoms with E-state index in [-0.39, 0.29) is 0 Å². The number of anilines is 2. The predicted molar refractivity (Wildman–Crippen MR) is 77.2 cm³/mol. The molecular formula is C13H14BrN3O2. The Labute approximate surface area is 120 Å². The van der Waals surface area contributed by atoms with Gasteiger partial charge in [-0.1, -0.05) is 12.1 Å². The molecule has 0 aliphatic heterocycles. The van der Waals surface area contributed by atoms with E-state index in [0.717, 1.165) is 11.4 Å². The van der Waals surface area contributed by atoms with Gasteiger partial charge in [0.15, 0.2) is 0 Å². The standard InChI is InChI=1S/C13H14BrN3O2/c1-3-19-11-7-5-4-6-10(11)16-13-15-8-9(14)12(17-13)18-2/h4-8H,3H2,1-2H3,(H,15,16,17). The highest BCUT2D eigenvalue weighted by atomic mass is 79.9. The van der Waals surface area contributed by atoms with E-state index in [1.807, 2.05) is 31.2 Å². The van der Waals surface area contributed by atoms with Crippen LogP contribution in [-0.2, 0) is 0 Å². The SMILES string of the molecule is CCOc1ccccc1Nc1ncc(Br)c(OC)n1. The minimum absolute atomic E-state index is 0.451. The average molecular weight is 324 g/mol. The van der Waals surface area contributed by atoms with Crippen molar-refractivity contribution in [1.82, 2.24) is 9.97 Å². The molecule has 0 amide bonds.